The third-order valence-corrected chi connectivity index (χ3v) is 9.76. The van der Waals surface area contributed by atoms with E-state index in [1.165, 1.54) is 36.4 Å². The van der Waals surface area contributed by atoms with Gasteiger partial charge in [0.15, 0.2) is 0 Å². The largest absolute Gasteiger partial charge is 0.444 e. The Hall–Kier alpha value is -5.51. The Kier molecular flexibility index (Phi) is 8.30. The topological polar surface area (TPSA) is 268 Å². The number of benzene rings is 4. The van der Waals surface area contributed by atoms with Gasteiger partial charge in [-0.1, -0.05) is 30.3 Å². The number of nitrogens with zero attached hydrogens (tertiary/aromatic N) is 6. The first-order valence-corrected chi connectivity index (χ1v) is 18.0. The summed E-state index contributed by atoms with van der Waals surface area (Å²) in [5.74, 6) is -0.0656. The number of nitrogens with two attached hydrogens (primary N) is 1. The molecule has 0 saturated heterocycles. The number of anilines is 3. The molecule has 6 aromatic rings. The molecule has 49 heavy (non-hydrogen) atoms. The zero-order chi connectivity index (χ0) is 35.3. The van der Waals surface area contributed by atoms with Crippen LogP contribution in [0.4, 0.5) is 29.0 Å². The van der Waals surface area contributed by atoms with Gasteiger partial charge < -0.3 is 11.1 Å². The Morgan fingerprint density at radius 2 is 1.39 bits per heavy atom. The smallest absolute Gasteiger partial charge is 0.353 e. The average Bonchev–Trinajstić information content (AvgIpc) is 3.01. The van der Waals surface area contributed by atoms with E-state index < -0.39 is 45.0 Å². The summed E-state index contributed by atoms with van der Waals surface area (Å²) in [4.78, 5) is 10.8. The Balaban J connectivity index is 1.51. The molecule has 0 fully saturated rings. The van der Waals surface area contributed by atoms with Gasteiger partial charge in [0.1, 0.15) is 14.7 Å². The van der Waals surface area contributed by atoms with Crippen LogP contribution in [-0.2, 0) is 30.4 Å². The fourth-order valence-electron chi connectivity index (χ4n) is 5.07. The third-order valence-electron chi connectivity index (χ3n) is 7.06. The molecule has 17 nitrogen and oxygen atoms in total. The van der Waals surface area contributed by atoms with E-state index in [1.807, 2.05) is 13.0 Å². The van der Waals surface area contributed by atoms with Crippen molar-refractivity contribution in [3.05, 3.63) is 90.8 Å². The first-order valence-electron chi connectivity index (χ1n) is 13.7. The maximum Gasteiger partial charge on any atom is 0.444 e. The lowest BCUT2D eigenvalue weighted by molar-refractivity contribution is -0.603. The summed E-state index contributed by atoms with van der Waals surface area (Å²) in [6.07, 6.45) is 3.44. The van der Waals surface area contributed by atoms with E-state index in [0.717, 1.165) is 29.8 Å². The highest BCUT2D eigenvalue weighted by Crippen LogP contribution is 2.39. The van der Waals surface area contributed by atoms with Gasteiger partial charge in [0.05, 0.1) is 29.5 Å². The van der Waals surface area contributed by atoms with Crippen molar-refractivity contribution in [2.45, 2.75) is 21.6 Å². The molecule has 0 spiro atoms. The second-order valence-electron chi connectivity index (χ2n) is 10.5. The van der Waals surface area contributed by atoms with E-state index in [0.29, 0.717) is 0 Å². The molecule has 0 amide bonds. The summed E-state index contributed by atoms with van der Waals surface area (Å²) in [7, 11) is -14.6. The van der Waals surface area contributed by atoms with Crippen LogP contribution in [0.25, 0.3) is 27.5 Å². The molecule has 6 N–H and O–H groups in total. The van der Waals surface area contributed by atoms with E-state index in [-0.39, 0.29) is 56.5 Å². The molecule has 4 aromatic carbocycles. The van der Waals surface area contributed by atoms with Crippen LogP contribution in [0.2, 0.25) is 0 Å². The van der Waals surface area contributed by atoms with Crippen molar-refractivity contribution in [2.75, 3.05) is 11.1 Å². The van der Waals surface area contributed by atoms with Crippen LogP contribution < -0.4 is 15.6 Å². The van der Waals surface area contributed by atoms with Gasteiger partial charge in [-0.2, -0.15) is 30.4 Å². The summed E-state index contributed by atoms with van der Waals surface area (Å²) in [5.41, 5.74) is 6.72. The molecule has 0 aliphatic rings. The van der Waals surface area contributed by atoms with Crippen molar-refractivity contribution in [3.8, 4) is 5.95 Å². The van der Waals surface area contributed by atoms with Gasteiger partial charge >= 0.3 is 17.8 Å². The van der Waals surface area contributed by atoms with Crippen LogP contribution in [0.3, 0.4) is 0 Å². The van der Waals surface area contributed by atoms with Crippen molar-refractivity contribution >= 4 is 80.9 Å². The average molecular weight is 724 g/mol. The van der Waals surface area contributed by atoms with Crippen molar-refractivity contribution in [2.24, 2.45) is 10.2 Å². The highest BCUT2D eigenvalue weighted by Gasteiger charge is 2.23. The van der Waals surface area contributed by atoms with Gasteiger partial charge in [-0.15, -0.1) is 10.1 Å². The molecule has 6 rings (SSSR count). The molecular weight excluding hydrogens is 701 g/mol. The standard InChI is InChI=1S/C29H22N8O9S3/c1-16-5-4-12-37(15-16)29-33-27(30)32-28(34-29)31-22-11-10-21(19-7-3-9-24(26(19)22)48(41,42)43)36-35-17-13-20-18(25(14-17)49(44,45)46)6-2-8-23(20)47(38,39)40/h2-15H,1H3,(H5-,30,31,32,33,34,38,39,40,41,42,43,44,45,46)/p+1. The van der Waals surface area contributed by atoms with E-state index in [9.17, 15) is 38.9 Å². The molecule has 0 radical (unpaired) electrons. The normalized spacial score (nSPS) is 12.6. The van der Waals surface area contributed by atoms with Crippen LogP contribution in [0, 0.1) is 6.92 Å². The minimum atomic E-state index is -4.92. The molecule has 0 aliphatic carbocycles. The second kappa shape index (κ2) is 12.2. The molecule has 250 valence electrons. The number of hydrogen-bond donors (Lipinski definition) is 5. The monoisotopic (exact) mass is 723 g/mol. The van der Waals surface area contributed by atoms with Gasteiger partial charge in [0, 0.05) is 21.5 Å². The number of aryl methyl sites for hydroxylation is 1. The molecule has 0 atom stereocenters. The molecule has 2 heterocycles. The number of pyridine rings is 1. The quantitative estimate of drug-likeness (QED) is 0.0835. The molecule has 20 heteroatoms. The first kappa shape index (κ1) is 33.4. The zero-order valence-electron chi connectivity index (χ0n) is 24.9. The van der Waals surface area contributed by atoms with Gasteiger partial charge in [-0.25, -0.2) is 4.57 Å². The van der Waals surface area contributed by atoms with Crippen LogP contribution >= 0.6 is 0 Å². The van der Waals surface area contributed by atoms with Gasteiger partial charge in [-0.05, 0) is 64.9 Å². The Morgan fingerprint density at radius 1 is 0.714 bits per heavy atom. The van der Waals surface area contributed by atoms with E-state index in [2.05, 4.69) is 30.5 Å². The SMILES string of the molecule is Cc1ccc[n+](-c2nc(N)nc(Nc3ccc(N=Nc4cc(S(=O)(=O)O)c5cccc(S(=O)(=O)O)c5c4)c4cccc(S(=O)(=O)O)c34)n2)c1. The number of aromatic nitrogens is 4. The van der Waals surface area contributed by atoms with Crippen LogP contribution in [-0.4, -0.2) is 53.9 Å². The minimum Gasteiger partial charge on any atom is -0.353 e. The number of hydrogen-bond acceptors (Lipinski definition) is 13. The van der Waals surface area contributed by atoms with Crippen molar-refractivity contribution in [1.29, 1.82) is 0 Å². The van der Waals surface area contributed by atoms with Crippen LogP contribution in [0.1, 0.15) is 5.56 Å². The van der Waals surface area contributed by atoms with E-state index in [1.54, 1.807) is 23.0 Å². The Labute approximate surface area is 278 Å². The lowest BCUT2D eigenvalue weighted by atomic mass is 10.1. The third kappa shape index (κ3) is 6.90. The van der Waals surface area contributed by atoms with E-state index in [4.69, 9.17) is 5.73 Å². The lowest BCUT2D eigenvalue weighted by Gasteiger charge is -2.12. The number of nitrogens with one attached hydrogen (secondary N) is 1. The number of fused-ring (bicyclic) bond motifs is 2. The maximum absolute atomic E-state index is 12.5. The molecule has 0 bridgehead atoms. The summed E-state index contributed by atoms with van der Waals surface area (Å²) in [6, 6.07) is 15.9. The lowest BCUT2D eigenvalue weighted by Crippen LogP contribution is -2.33. The molecule has 0 aliphatic heterocycles. The Bertz CT molecular complexity index is 2710. The van der Waals surface area contributed by atoms with Crippen molar-refractivity contribution in [3.63, 3.8) is 0 Å². The summed E-state index contributed by atoms with van der Waals surface area (Å²) < 4.78 is 105. The fraction of sp³-hybridized carbons (Fsp3) is 0.0345. The van der Waals surface area contributed by atoms with E-state index >= 15 is 0 Å². The summed E-state index contributed by atoms with van der Waals surface area (Å²) >= 11 is 0. The highest BCUT2D eigenvalue weighted by molar-refractivity contribution is 7.86. The maximum atomic E-state index is 12.5. The first-order chi connectivity index (χ1) is 23.0. The van der Waals surface area contributed by atoms with Gasteiger partial charge in [0.25, 0.3) is 30.4 Å². The second-order valence-corrected chi connectivity index (χ2v) is 14.6. The summed E-state index contributed by atoms with van der Waals surface area (Å²) in [5, 5.41) is 10.7. The number of rotatable bonds is 8. The molecule has 0 unspecified atom stereocenters. The van der Waals surface area contributed by atoms with Gasteiger partial charge in [0.2, 0.25) is 0 Å². The predicted molar refractivity (Wildman–Crippen MR) is 175 cm³/mol. The molecule has 2 aromatic heterocycles. The predicted octanol–water partition coefficient (Wildman–Crippen LogP) is 4.24. The van der Waals surface area contributed by atoms with Gasteiger partial charge in [-0.3, -0.25) is 13.7 Å². The van der Waals surface area contributed by atoms with Crippen LogP contribution in [0.15, 0.2) is 110 Å². The summed E-state index contributed by atoms with van der Waals surface area (Å²) in [6.45, 7) is 1.87. The molecular formula is C29H23N8O9S3+. The minimum absolute atomic E-state index is 0.0220. The fourth-order valence-corrected chi connectivity index (χ4v) is 7.22. The number of nitrogen functional groups attached to an aromatic ring is 1. The molecule has 0 saturated carbocycles. The highest BCUT2D eigenvalue weighted by atomic mass is 32.2. The van der Waals surface area contributed by atoms with Crippen molar-refractivity contribution in [1.82, 2.24) is 15.0 Å². The van der Waals surface area contributed by atoms with Crippen LogP contribution in [0.5, 0.6) is 0 Å². The zero-order valence-corrected chi connectivity index (χ0v) is 27.3. The number of azo groups is 1. The Morgan fingerprint density at radius 3 is 2.06 bits per heavy atom. The van der Waals surface area contributed by atoms with Crippen molar-refractivity contribution < 1.29 is 43.5 Å².